The third-order valence-electron chi connectivity index (χ3n) is 6.19. The van der Waals surface area contributed by atoms with Gasteiger partial charge >= 0.3 is 6.01 Å². The normalized spacial score (nSPS) is 18.0. The highest BCUT2D eigenvalue weighted by Gasteiger charge is 2.25. The number of benzene rings is 2. The molecule has 4 aromatic rings. The van der Waals surface area contributed by atoms with Crippen LogP contribution in [0.1, 0.15) is 51.0 Å². The van der Waals surface area contributed by atoms with Gasteiger partial charge in [0.25, 0.3) is 5.88 Å². The number of imidazole rings is 1. The van der Waals surface area contributed by atoms with Crippen LogP contribution in [0.25, 0.3) is 16.4 Å². The maximum absolute atomic E-state index is 11.3. The first-order valence-electron chi connectivity index (χ1n) is 11.7. The molecule has 2 aromatic heterocycles. The predicted molar refractivity (Wildman–Crippen MR) is 130 cm³/mol. The summed E-state index contributed by atoms with van der Waals surface area (Å²) in [5.41, 5.74) is 1.23. The molecule has 0 amide bonds. The second kappa shape index (κ2) is 8.85. The van der Waals surface area contributed by atoms with Gasteiger partial charge in [0.15, 0.2) is 0 Å². The van der Waals surface area contributed by atoms with E-state index in [4.69, 9.17) is 9.47 Å². The standard InChI is InChI=1S/C26H31N5O3/c1-26(2,3)34-24-23-27-15-21(22(32)19-12-11-17-8-5-6-9-18(17)14-19)31(23)29-25(28-24)33-16-20-10-7-13-30(20)4/h5-6,8-9,11-12,14-15,20,22,32H,7,10,13,16H2,1-4H3. The lowest BCUT2D eigenvalue weighted by atomic mass is 10.0. The number of ether oxygens (including phenoxy) is 2. The zero-order valence-electron chi connectivity index (χ0n) is 20.1. The summed E-state index contributed by atoms with van der Waals surface area (Å²) < 4.78 is 13.7. The van der Waals surface area contributed by atoms with Crippen molar-refractivity contribution in [2.24, 2.45) is 0 Å². The Bertz CT molecular complexity index is 1310. The van der Waals surface area contributed by atoms with Crippen LogP contribution in [0.2, 0.25) is 0 Å². The first kappa shape index (κ1) is 22.6. The Morgan fingerprint density at radius 3 is 2.68 bits per heavy atom. The molecule has 8 heteroatoms. The molecule has 1 fully saturated rings. The van der Waals surface area contributed by atoms with Gasteiger partial charge in [-0.3, -0.25) is 0 Å². The van der Waals surface area contributed by atoms with Crippen LogP contribution in [-0.4, -0.2) is 61.4 Å². The molecule has 0 saturated carbocycles. The number of likely N-dealkylation sites (tertiary alicyclic amines) is 1. The first-order valence-corrected chi connectivity index (χ1v) is 11.7. The quantitative estimate of drug-likeness (QED) is 0.464. The minimum Gasteiger partial charge on any atom is -0.469 e. The van der Waals surface area contributed by atoms with E-state index in [-0.39, 0.29) is 6.01 Å². The third-order valence-corrected chi connectivity index (χ3v) is 6.19. The van der Waals surface area contributed by atoms with Gasteiger partial charge in [0.1, 0.15) is 18.3 Å². The molecule has 2 unspecified atom stereocenters. The van der Waals surface area contributed by atoms with Crippen LogP contribution in [0.15, 0.2) is 48.7 Å². The van der Waals surface area contributed by atoms with Crippen LogP contribution in [0.5, 0.6) is 11.9 Å². The largest absolute Gasteiger partial charge is 0.469 e. The fourth-order valence-corrected chi connectivity index (χ4v) is 4.37. The average Bonchev–Trinajstić information content (AvgIpc) is 3.42. The maximum atomic E-state index is 11.3. The first-order chi connectivity index (χ1) is 16.3. The third kappa shape index (κ3) is 4.56. The van der Waals surface area contributed by atoms with Gasteiger partial charge in [-0.2, -0.15) is 4.98 Å². The number of hydrogen-bond acceptors (Lipinski definition) is 7. The Kier molecular flexibility index (Phi) is 5.87. The Hall–Kier alpha value is -3.23. The molecule has 34 heavy (non-hydrogen) atoms. The Morgan fingerprint density at radius 1 is 1.15 bits per heavy atom. The monoisotopic (exact) mass is 461 g/mol. The number of aliphatic hydroxyl groups excluding tert-OH is 1. The van der Waals surface area contributed by atoms with Crippen LogP contribution < -0.4 is 9.47 Å². The lowest BCUT2D eigenvalue weighted by Gasteiger charge is -2.22. The summed E-state index contributed by atoms with van der Waals surface area (Å²) in [7, 11) is 2.10. The highest BCUT2D eigenvalue weighted by Crippen LogP contribution is 2.30. The van der Waals surface area contributed by atoms with Crippen LogP contribution >= 0.6 is 0 Å². The molecule has 3 heterocycles. The van der Waals surface area contributed by atoms with E-state index in [9.17, 15) is 5.11 Å². The number of aliphatic hydroxyl groups is 1. The summed E-state index contributed by atoms with van der Waals surface area (Å²) >= 11 is 0. The number of nitrogens with zero attached hydrogens (tertiary/aromatic N) is 5. The van der Waals surface area contributed by atoms with E-state index in [0.29, 0.717) is 29.9 Å². The van der Waals surface area contributed by atoms with E-state index < -0.39 is 11.7 Å². The molecule has 0 radical (unpaired) electrons. The molecule has 1 saturated heterocycles. The van der Waals surface area contributed by atoms with Crippen LogP contribution in [0.4, 0.5) is 0 Å². The molecule has 0 bridgehead atoms. The lowest BCUT2D eigenvalue weighted by molar-refractivity contribution is 0.121. The van der Waals surface area contributed by atoms with Gasteiger partial charge in [0, 0.05) is 6.04 Å². The second-order valence-electron chi connectivity index (χ2n) is 9.93. The molecule has 8 nitrogen and oxygen atoms in total. The van der Waals surface area contributed by atoms with Crippen molar-refractivity contribution in [3.05, 3.63) is 59.9 Å². The molecule has 1 N–H and O–H groups in total. The summed E-state index contributed by atoms with van der Waals surface area (Å²) in [6, 6.07) is 14.5. The highest BCUT2D eigenvalue weighted by atomic mass is 16.5. The minimum atomic E-state index is -0.925. The van der Waals surface area contributed by atoms with Crippen LogP contribution in [0.3, 0.4) is 0 Å². The van der Waals surface area contributed by atoms with Crippen molar-refractivity contribution in [3.63, 3.8) is 0 Å². The topological polar surface area (TPSA) is 85.0 Å². The van der Waals surface area contributed by atoms with Gasteiger partial charge in [0.2, 0.25) is 5.65 Å². The highest BCUT2D eigenvalue weighted by molar-refractivity contribution is 5.83. The summed E-state index contributed by atoms with van der Waals surface area (Å²) in [6.07, 6.45) is 2.94. The van der Waals surface area contributed by atoms with Crippen molar-refractivity contribution >= 4 is 16.4 Å². The Balaban J connectivity index is 1.52. The number of rotatable bonds is 6. The zero-order valence-corrected chi connectivity index (χ0v) is 20.1. The van der Waals surface area contributed by atoms with Crippen molar-refractivity contribution in [1.82, 2.24) is 24.5 Å². The number of aromatic nitrogens is 4. The van der Waals surface area contributed by atoms with Gasteiger partial charge in [-0.15, -0.1) is 5.10 Å². The van der Waals surface area contributed by atoms with Gasteiger partial charge in [-0.1, -0.05) is 36.4 Å². The molecule has 2 atom stereocenters. The average molecular weight is 462 g/mol. The maximum Gasteiger partial charge on any atom is 0.337 e. The molecule has 178 valence electrons. The number of likely N-dealkylation sites (N-methyl/N-ethyl adjacent to an activating group) is 1. The van der Waals surface area contributed by atoms with E-state index in [1.54, 1.807) is 10.7 Å². The molecule has 0 aliphatic carbocycles. The summed E-state index contributed by atoms with van der Waals surface area (Å²) in [5.74, 6) is 0.328. The summed E-state index contributed by atoms with van der Waals surface area (Å²) in [5, 5.41) is 18.0. The van der Waals surface area contributed by atoms with Gasteiger partial charge in [-0.05, 0) is 69.6 Å². The van der Waals surface area contributed by atoms with Crippen molar-refractivity contribution < 1.29 is 14.6 Å². The molecule has 5 rings (SSSR count). The molecule has 2 aromatic carbocycles. The lowest BCUT2D eigenvalue weighted by Crippen LogP contribution is -2.31. The van der Waals surface area contributed by atoms with Crippen molar-refractivity contribution in [3.8, 4) is 11.9 Å². The number of fused-ring (bicyclic) bond motifs is 2. The fourth-order valence-electron chi connectivity index (χ4n) is 4.37. The van der Waals surface area contributed by atoms with E-state index in [1.165, 1.54) is 0 Å². The Labute approximate surface area is 199 Å². The fraction of sp³-hybridized carbons (Fsp3) is 0.423. The second-order valence-corrected chi connectivity index (χ2v) is 9.93. The van der Waals surface area contributed by atoms with E-state index >= 15 is 0 Å². The van der Waals surface area contributed by atoms with Crippen molar-refractivity contribution in [2.75, 3.05) is 20.2 Å². The smallest absolute Gasteiger partial charge is 0.337 e. The minimum absolute atomic E-state index is 0.206. The molecular formula is C26H31N5O3. The zero-order chi connectivity index (χ0) is 23.9. The Morgan fingerprint density at radius 2 is 1.94 bits per heavy atom. The van der Waals surface area contributed by atoms with E-state index in [0.717, 1.165) is 35.7 Å². The van der Waals surface area contributed by atoms with Gasteiger partial charge in [-0.25, -0.2) is 9.50 Å². The predicted octanol–water partition coefficient (Wildman–Crippen LogP) is 4.01. The molecule has 1 aliphatic rings. The summed E-state index contributed by atoms with van der Waals surface area (Å²) in [4.78, 5) is 11.3. The van der Waals surface area contributed by atoms with Gasteiger partial charge in [0.05, 0.1) is 11.9 Å². The van der Waals surface area contributed by atoms with Crippen LogP contribution in [-0.2, 0) is 0 Å². The molecule has 1 aliphatic heterocycles. The van der Waals surface area contributed by atoms with E-state index in [1.807, 2.05) is 57.2 Å². The van der Waals surface area contributed by atoms with Crippen molar-refractivity contribution in [2.45, 2.75) is 51.4 Å². The molecule has 0 spiro atoms. The SMILES string of the molecule is CN1CCCC1COc1nc(OC(C)(C)C)c2ncc(C(O)c3ccc4ccccc4c3)n2n1. The summed E-state index contributed by atoms with van der Waals surface area (Å²) in [6.45, 7) is 7.42. The van der Waals surface area contributed by atoms with Crippen LogP contribution in [0, 0.1) is 0 Å². The van der Waals surface area contributed by atoms with Gasteiger partial charge < -0.3 is 19.5 Å². The van der Waals surface area contributed by atoms with Crippen molar-refractivity contribution in [1.29, 1.82) is 0 Å². The number of hydrogen-bond donors (Lipinski definition) is 1. The van der Waals surface area contributed by atoms with E-state index in [2.05, 4.69) is 33.1 Å². The molecular weight excluding hydrogens is 430 g/mol.